The third-order valence-electron chi connectivity index (χ3n) is 9.69. The second kappa shape index (κ2) is 6.15. The maximum absolute atomic E-state index is 16.9. The summed E-state index contributed by atoms with van der Waals surface area (Å²) >= 11 is 0. The fourth-order valence-electron chi connectivity index (χ4n) is 8.63. The Morgan fingerprint density at radius 3 is 2.54 bits per heavy atom. The fourth-order valence-corrected chi connectivity index (χ4v) is 8.63. The largest absolute Gasteiger partial charge is 0.394 e. The van der Waals surface area contributed by atoms with Gasteiger partial charge in [0, 0.05) is 5.41 Å². The molecule has 3 N–H and O–H groups in total. The van der Waals surface area contributed by atoms with Crippen LogP contribution in [0.25, 0.3) is 0 Å². The molecule has 4 fully saturated rings. The van der Waals surface area contributed by atoms with Crippen LogP contribution in [0, 0.1) is 40.4 Å². The minimum atomic E-state index is -1.50. The molecule has 0 bridgehead atoms. The van der Waals surface area contributed by atoms with Crippen LogP contribution in [0.4, 0.5) is 4.39 Å². The van der Waals surface area contributed by atoms with E-state index >= 15 is 4.39 Å². The summed E-state index contributed by atoms with van der Waals surface area (Å²) in [5.41, 5.74) is -2.20. The molecule has 4 heteroatoms. The molecule has 26 heavy (non-hydrogen) atoms. The standard InChI is InChI=1S/C22H37FO3/c1-13-10-16-15-8-7-14-6-4-5-9-21(14,3)22(15,23)18(26)11-20(16,2)19(13)17(25)12-24/h13-19,24-26H,4-12H2,1-3H3/t13?,14?,15-,16-,17?,18?,19+,20-,21-,22-/m0/s1. The van der Waals surface area contributed by atoms with Crippen molar-refractivity contribution in [3.05, 3.63) is 0 Å². The zero-order chi connectivity index (χ0) is 18.9. The Kier molecular flexibility index (Phi) is 4.53. The highest BCUT2D eigenvalue weighted by Crippen LogP contribution is 2.71. The van der Waals surface area contributed by atoms with Gasteiger partial charge in [0.25, 0.3) is 0 Å². The predicted octanol–water partition coefficient (Wildman–Crippen LogP) is 3.70. The molecule has 0 amide bonds. The maximum atomic E-state index is 16.9. The highest BCUT2D eigenvalue weighted by atomic mass is 19.1. The van der Waals surface area contributed by atoms with Crippen molar-refractivity contribution in [1.29, 1.82) is 0 Å². The first-order chi connectivity index (χ1) is 12.2. The Hall–Kier alpha value is -0.190. The lowest BCUT2D eigenvalue weighted by molar-refractivity contribution is -0.247. The fraction of sp³-hybridized carbons (Fsp3) is 1.00. The van der Waals surface area contributed by atoms with Gasteiger partial charge >= 0.3 is 0 Å². The van der Waals surface area contributed by atoms with Gasteiger partial charge in [-0.1, -0.05) is 33.6 Å². The van der Waals surface area contributed by atoms with E-state index in [0.717, 1.165) is 38.5 Å². The Balaban J connectivity index is 1.74. The third-order valence-corrected chi connectivity index (χ3v) is 9.69. The summed E-state index contributed by atoms with van der Waals surface area (Å²) in [7, 11) is 0. The van der Waals surface area contributed by atoms with Crippen LogP contribution in [0.1, 0.15) is 72.1 Å². The van der Waals surface area contributed by atoms with E-state index in [4.69, 9.17) is 0 Å². The number of alkyl halides is 1. The molecule has 4 unspecified atom stereocenters. The normalized spacial score (nSPS) is 57.8. The first-order valence-corrected chi connectivity index (χ1v) is 10.9. The molecule has 0 aliphatic heterocycles. The van der Waals surface area contributed by atoms with E-state index in [1.54, 1.807) is 0 Å². The average Bonchev–Trinajstić information content (AvgIpc) is 2.85. The Labute approximate surface area is 157 Å². The molecule has 0 spiro atoms. The van der Waals surface area contributed by atoms with Gasteiger partial charge in [0.1, 0.15) is 5.67 Å². The van der Waals surface area contributed by atoms with Crippen molar-refractivity contribution in [2.75, 3.05) is 6.61 Å². The first kappa shape index (κ1) is 19.1. The average molecular weight is 369 g/mol. The van der Waals surface area contributed by atoms with Crippen molar-refractivity contribution in [3.8, 4) is 0 Å². The predicted molar refractivity (Wildman–Crippen MR) is 99.2 cm³/mol. The van der Waals surface area contributed by atoms with Gasteiger partial charge in [0.05, 0.1) is 18.8 Å². The van der Waals surface area contributed by atoms with Crippen LogP contribution < -0.4 is 0 Å². The van der Waals surface area contributed by atoms with Crippen LogP contribution in [-0.4, -0.2) is 39.8 Å². The van der Waals surface area contributed by atoms with Crippen molar-refractivity contribution in [2.24, 2.45) is 40.4 Å². The van der Waals surface area contributed by atoms with Gasteiger partial charge in [-0.3, -0.25) is 0 Å². The summed E-state index contributed by atoms with van der Waals surface area (Å²) in [6.07, 6.45) is 5.79. The second-order valence-electron chi connectivity index (χ2n) is 10.6. The van der Waals surface area contributed by atoms with E-state index in [2.05, 4.69) is 20.8 Å². The lowest BCUT2D eigenvalue weighted by Crippen LogP contribution is -2.69. The van der Waals surface area contributed by atoms with Crippen molar-refractivity contribution in [1.82, 2.24) is 0 Å². The van der Waals surface area contributed by atoms with Gasteiger partial charge < -0.3 is 15.3 Å². The van der Waals surface area contributed by atoms with Gasteiger partial charge in [0.15, 0.2) is 0 Å². The number of rotatable bonds is 2. The Morgan fingerprint density at radius 1 is 1.12 bits per heavy atom. The number of hydrogen-bond acceptors (Lipinski definition) is 3. The molecule has 3 nitrogen and oxygen atoms in total. The highest BCUT2D eigenvalue weighted by molar-refractivity contribution is 5.20. The second-order valence-corrected chi connectivity index (χ2v) is 10.6. The van der Waals surface area contributed by atoms with E-state index in [0.29, 0.717) is 12.3 Å². The Morgan fingerprint density at radius 2 is 1.85 bits per heavy atom. The molecule has 0 aromatic carbocycles. The quantitative estimate of drug-likeness (QED) is 0.696. The summed E-state index contributed by atoms with van der Waals surface area (Å²) < 4.78 is 16.9. The summed E-state index contributed by atoms with van der Waals surface area (Å²) in [6, 6.07) is 0. The molecular weight excluding hydrogens is 331 g/mol. The molecule has 4 aliphatic rings. The zero-order valence-corrected chi connectivity index (χ0v) is 16.6. The number of halogens is 1. The summed E-state index contributed by atoms with van der Waals surface area (Å²) in [4.78, 5) is 0. The smallest absolute Gasteiger partial charge is 0.145 e. The maximum Gasteiger partial charge on any atom is 0.145 e. The van der Waals surface area contributed by atoms with E-state index in [9.17, 15) is 15.3 Å². The van der Waals surface area contributed by atoms with Gasteiger partial charge in [-0.15, -0.1) is 0 Å². The van der Waals surface area contributed by atoms with E-state index in [1.807, 2.05) is 0 Å². The SMILES string of the molecule is CC1C[C@H]2[C@@H]3CCC4CCCC[C@]4(C)[C@@]3(F)C(O)C[C@]2(C)[C@H]1C(O)CO. The number of fused-ring (bicyclic) bond motifs is 5. The van der Waals surface area contributed by atoms with Crippen LogP contribution in [0.2, 0.25) is 0 Å². The minimum Gasteiger partial charge on any atom is -0.394 e. The van der Waals surface area contributed by atoms with Gasteiger partial charge in [0.2, 0.25) is 0 Å². The summed E-state index contributed by atoms with van der Waals surface area (Å²) in [5, 5.41) is 31.3. The van der Waals surface area contributed by atoms with E-state index < -0.39 is 23.3 Å². The molecule has 150 valence electrons. The van der Waals surface area contributed by atoms with Crippen LogP contribution in [-0.2, 0) is 0 Å². The summed E-state index contributed by atoms with van der Waals surface area (Å²) in [5.74, 6) is 0.659. The molecule has 4 aliphatic carbocycles. The third kappa shape index (κ3) is 2.21. The molecule has 4 rings (SSSR count). The molecular formula is C22H37FO3. The molecule has 0 saturated heterocycles. The molecule has 0 aromatic rings. The monoisotopic (exact) mass is 368 g/mol. The molecule has 0 radical (unpaired) electrons. The first-order valence-electron chi connectivity index (χ1n) is 10.9. The highest BCUT2D eigenvalue weighted by Gasteiger charge is 2.72. The van der Waals surface area contributed by atoms with Crippen LogP contribution in [0.15, 0.2) is 0 Å². The lowest BCUT2D eigenvalue weighted by atomic mass is 9.42. The van der Waals surface area contributed by atoms with Crippen molar-refractivity contribution in [3.63, 3.8) is 0 Å². The Bertz CT molecular complexity index is 556. The van der Waals surface area contributed by atoms with Gasteiger partial charge in [-0.25, -0.2) is 4.39 Å². The zero-order valence-electron chi connectivity index (χ0n) is 16.6. The van der Waals surface area contributed by atoms with E-state index in [1.165, 1.54) is 6.42 Å². The molecule has 10 atom stereocenters. The van der Waals surface area contributed by atoms with Gasteiger partial charge in [-0.05, 0) is 73.5 Å². The van der Waals surface area contributed by atoms with Crippen LogP contribution in [0.5, 0.6) is 0 Å². The van der Waals surface area contributed by atoms with Crippen molar-refractivity contribution in [2.45, 2.75) is 90.0 Å². The van der Waals surface area contributed by atoms with Crippen molar-refractivity contribution >= 4 is 0 Å². The number of aliphatic hydroxyl groups is 3. The molecule has 0 aromatic heterocycles. The van der Waals surface area contributed by atoms with Gasteiger partial charge in [-0.2, -0.15) is 0 Å². The topological polar surface area (TPSA) is 60.7 Å². The van der Waals surface area contributed by atoms with Crippen molar-refractivity contribution < 1.29 is 19.7 Å². The number of aliphatic hydroxyl groups excluding tert-OH is 3. The van der Waals surface area contributed by atoms with E-state index in [-0.39, 0.29) is 35.7 Å². The number of hydrogen-bond donors (Lipinski definition) is 3. The van der Waals surface area contributed by atoms with Crippen LogP contribution >= 0.6 is 0 Å². The summed E-state index contributed by atoms with van der Waals surface area (Å²) in [6.45, 7) is 6.14. The van der Waals surface area contributed by atoms with Crippen LogP contribution in [0.3, 0.4) is 0 Å². The minimum absolute atomic E-state index is 0.0615. The lowest BCUT2D eigenvalue weighted by Gasteiger charge is -2.65. The molecule has 4 saturated carbocycles. The molecule has 0 heterocycles.